The first-order valence-corrected chi connectivity index (χ1v) is 11.4. The highest BCUT2D eigenvalue weighted by Crippen LogP contribution is 2.36. The van der Waals surface area contributed by atoms with Gasteiger partial charge < -0.3 is 10.5 Å². The van der Waals surface area contributed by atoms with E-state index in [0.717, 1.165) is 11.6 Å². The van der Waals surface area contributed by atoms with Crippen molar-refractivity contribution in [2.75, 3.05) is 5.73 Å². The van der Waals surface area contributed by atoms with Gasteiger partial charge in [0.05, 0.1) is 9.92 Å². The van der Waals surface area contributed by atoms with E-state index in [1.807, 2.05) is 6.92 Å². The molecule has 0 spiro atoms. The quantitative estimate of drug-likeness (QED) is 0.459. The fraction of sp³-hybridized carbons (Fsp3) is 0.190. The van der Waals surface area contributed by atoms with Gasteiger partial charge in [0.15, 0.2) is 11.6 Å². The molecular formula is C21H20Cl2FN3O3S. The fourth-order valence-corrected chi connectivity index (χ4v) is 4.53. The number of nitrogens with two attached hydrogens (primary N) is 1. The number of halogens is 3. The number of nitrogens with zero attached hydrogens (tertiary/aromatic N) is 1. The number of rotatable bonds is 7. The maximum Gasteiger partial charge on any atom is 0.240 e. The van der Waals surface area contributed by atoms with E-state index in [-0.39, 0.29) is 38.6 Å². The molecule has 0 saturated heterocycles. The number of pyridine rings is 1. The second-order valence-corrected chi connectivity index (χ2v) is 9.43. The lowest BCUT2D eigenvalue weighted by molar-refractivity contribution is 0.227. The fourth-order valence-electron chi connectivity index (χ4n) is 2.83. The van der Waals surface area contributed by atoms with Crippen molar-refractivity contribution >= 4 is 39.0 Å². The Hall–Kier alpha value is -2.39. The van der Waals surface area contributed by atoms with Gasteiger partial charge in [-0.25, -0.2) is 22.5 Å². The number of sulfonamides is 1. The summed E-state index contributed by atoms with van der Waals surface area (Å²) in [6.45, 7) is 3.48. The zero-order valence-corrected chi connectivity index (χ0v) is 19.0. The number of nitrogen functional groups attached to an aromatic ring is 1. The molecule has 0 radical (unpaired) electrons. The smallest absolute Gasteiger partial charge is 0.240 e. The predicted octanol–water partition coefficient (Wildman–Crippen LogP) is 5.04. The van der Waals surface area contributed by atoms with Crippen LogP contribution in [0.1, 0.15) is 29.7 Å². The minimum Gasteiger partial charge on any atom is -0.482 e. The zero-order chi connectivity index (χ0) is 22.8. The third kappa shape index (κ3) is 5.46. The Morgan fingerprint density at radius 1 is 1.19 bits per heavy atom. The first-order chi connectivity index (χ1) is 14.6. The third-order valence-electron chi connectivity index (χ3n) is 4.53. The highest BCUT2D eigenvalue weighted by Gasteiger charge is 2.20. The topological polar surface area (TPSA) is 94.3 Å². The summed E-state index contributed by atoms with van der Waals surface area (Å²) in [6, 6.07) is 10.6. The van der Waals surface area contributed by atoms with E-state index in [1.54, 1.807) is 25.1 Å². The Bertz CT molecular complexity index is 1210. The van der Waals surface area contributed by atoms with E-state index in [1.165, 1.54) is 24.4 Å². The van der Waals surface area contributed by atoms with Crippen LogP contribution in [0.2, 0.25) is 10.0 Å². The van der Waals surface area contributed by atoms with Crippen molar-refractivity contribution in [2.45, 2.75) is 31.4 Å². The number of anilines is 1. The maximum atomic E-state index is 13.8. The van der Waals surface area contributed by atoms with Crippen LogP contribution in [0, 0.1) is 12.7 Å². The first kappa shape index (κ1) is 23.3. The monoisotopic (exact) mass is 483 g/mol. The predicted molar refractivity (Wildman–Crippen MR) is 119 cm³/mol. The molecule has 2 aromatic carbocycles. The van der Waals surface area contributed by atoms with Crippen molar-refractivity contribution < 1.29 is 17.5 Å². The molecule has 1 heterocycles. The largest absolute Gasteiger partial charge is 0.482 e. The van der Waals surface area contributed by atoms with Crippen LogP contribution in [0.5, 0.6) is 5.75 Å². The van der Waals surface area contributed by atoms with Crippen molar-refractivity contribution in [2.24, 2.45) is 0 Å². The molecular weight excluding hydrogens is 464 g/mol. The van der Waals surface area contributed by atoms with E-state index < -0.39 is 21.9 Å². The highest BCUT2D eigenvalue weighted by molar-refractivity contribution is 7.89. The van der Waals surface area contributed by atoms with Gasteiger partial charge in [0.2, 0.25) is 10.0 Å². The molecule has 0 aliphatic heterocycles. The molecule has 164 valence electrons. The van der Waals surface area contributed by atoms with E-state index in [4.69, 9.17) is 33.7 Å². The first-order valence-electron chi connectivity index (χ1n) is 9.19. The van der Waals surface area contributed by atoms with Gasteiger partial charge in [-0.3, -0.25) is 0 Å². The molecule has 6 nitrogen and oxygen atoms in total. The summed E-state index contributed by atoms with van der Waals surface area (Å²) in [5, 5.41) is 0.0981. The van der Waals surface area contributed by atoms with Gasteiger partial charge in [-0.1, -0.05) is 40.9 Å². The highest BCUT2D eigenvalue weighted by atomic mass is 35.5. The Morgan fingerprint density at radius 2 is 1.87 bits per heavy atom. The summed E-state index contributed by atoms with van der Waals surface area (Å²) >= 11 is 12.2. The molecule has 3 rings (SSSR count). The lowest BCUT2D eigenvalue weighted by Gasteiger charge is -2.19. The standard InChI is InChI=1S/C21H20Cl2FN3O3S/c1-12-3-5-15(6-4-12)31(28,29)27-11-14-9-18(21(25)26-10-14)30-13(2)19-16(22)7-8-17(24)20(19)23/h3-10,13,27H,11H2,1-2H3,(H2,25,26). The average molecular weight is 484 g/mol. The van der Waals surface area contributed by atoms with Gasteiger partial charge in [0, 0.05) is 23.3 Å². The molecule has 0 fully saturated rings. The lowest BCUT2D eigenvalue weighted by atomic mass is 10.1. The summed E-state index contributed by atoms with van der Waals surface area (Å²) in [7, 11) is -3.71. The molecule has 1 unspecified atom stereocenters. The average Bonchev–Trinajstić information content (AvgIpc) is 2.72. The van der Waals surface area contributed by atoms with Crippen LogP contribution in [-0.2, 0) is 16.6 Å². The van der Waals surface area contributed by atoms with E-state index in [9.17, 15) is 12.8 Å². The molecule has 3 aromatic rings. The molecule has 10 heteroatoms. The van der Waals surface area contributed by atoms with Crippen LogP contribution in [0.4, 0.5) is 10.2 Å². The van der Waals surface area contributed by atoms with Crippen LogP contribution < -0.4 is 15.2 Å². The minimum atomic E-state index is -3.71. The number of ether oxygens (including phenoxy) is 1. The maximum absolute atomic E-state index is 13.8. The van der Waals surface area contributed by atoms with Crippen LogP contribution in [0.15, 0.2) is 53.6 Å². The number of hydrogen-bond donors (Lipinski definition) is 2. The Kier molecular flexibility index (Phi) is 7.06. The van der Waals surface area contributed by atoms with Gasteiger partial charge in [-0.05, 0) is 49.7 Å². The van der Waals surface area contributed by atoms with Crippen molar-refractivity contribution in [3.8, 4) is 5.75 Å². The van der Waals surface area contributed by atoms with E-state index in [0.29, 0.717) is 5.56 Å². The number of nitrogens with one attached hydrogen (secondary N) is 1. The van der Waals surface area contributed by atoms with Crippen molar-refractivity contribution in [3.63, 3.8) is 0 Å². The van der Waals surface area contributed by atoms with Crippen LogP contribution in [-0.4, -0.2) is 13.4 Å². The van der Waals surface area contributed by atoms with Crippen molar-refractivity contribution in [1.29, 1.82) is 0 Å². The van der Waals surface area contributed by atoms with Gasteiger partial charge in [0.1, 0.15) is 11.9 Å². The molecule has 1 atom stereocenters. The second-order valence-electron chi connectivity index (χ2n) is 6.88. The molecule has 0 amide bonds. The van der Waals surface area contributed by atoms with Crippen LogP contribution in [0.3, 0.4) is 0 Å². The Labute approximate surface area is 190 Å². The molecule has 0 aliphatic carbocycles. The molecule has 31 heavy (non-hydrogen) atoms. The molecule has 0 aliphatic rings. The van der Waals surface area contributed by atoms with Crippen molar-refractivity contribution in [1.82, 2.24) is 9.71 Å². The Morgan fingerprint density at radius 3 is 2.55 bits per heavy atom. The van der Waals surface area contributed by atoms with Gasteiger partial charge in [-0.2, -0.15) is 0 Å². The van der Waals surface area contributed by atoms with Gasteiger partial charge >= 0.3 is 0 Å². The number of hydrogen-bond acceptors (Lipinski definition) is 5. The normalized spacial score (nSPS) is 12.5. The van der Waals surface area contributed by atoms with Crippen molar-refractivity contribution in [3.05, 3.63) is 81.2 Å². The lowest BCUT2D eigenvalue weighted by Crippen LogP contribution is -2.23. The molecule has 0 bridgehead atoms. The van der Waals surface area contributed by atoms with E-state index >= 15 is 0 Å². The van der Waals surface area contributed by atoms with Gasteiger partial charge in [-0.15, -0.1) is 0 Å². The SMILES string of the molecule is Cc1ccc(S(=O)(=O)NCc2cnc(N)c(OC(C)c3c(Cl)ccc(F)c3Cl)c2)cc1. The number of aromatic nitrogens is 1. The Balaban J connectivity index is 1.78. The van der Waals surface area contributed by atoms with Gasteiger partial charge in [0.25, 0.3) is 0 Å². The molecule has 1 aromatic heterocycles. The summed E-state index contributed by atoms with van der Waals surface area (Å²) in [4.78, 5) is 4.21. The minimum absolute atomic E-state index is 0.0320. The summed E-state index contributed by atoms with van der Waals surface area (Å²) in [5.74, 6) is -0.349. The second kappa shape index (κ2) is 9.40. The number of aryl methyl sites for hydroxylation is 1. The van der Waals surface area contributed by atoms with Crippen LogP contribution in [0.25, 0.3) is 0 Å². The van der Waals surface area contributed by atoms with Crippen LogP contribution >= 0.6 is 23.2 Å². The summed E-state index contributed by atoms with van der Waals surface area (Å²) < 4.78 is 47.1. The summed E-state index contributed by atoms with van der Waals surface area (Å²) in [6.07, 6.45) is 0.700. The van der Waals surface area contributed by atoms with E-state index in [2.05, 4.69) is 9.71 Å². The number of benzene rings is 2. The zero-order valence-electron chi connectivity index (χ0n) is 16.7. The summed E-state index contributed by atoms with van der Waals surface area (Å²) in [5.41, 5.74) is 7.64. The molecule has 3 N–H and O–H groups in total. The third-order valence-corrected chi connectivity index (χ3v) is 6.66. The molecule has 0 saturated carbocycles.